The second kappa shape index (κ2) is 7.00. The second-order valence-electron chi connectivity index (χ2n) is 5.57. The largest absolute Gasteiger partial charge is 0.347 e. The zero-order valence-corrected chi connectivity index (χ0v) is 13.3. The van der Waals surface area contributed by atoms with E-state index in [4.69, 9.17) is 11.6 Å². The van der Waals surface area contributed by atoms with Crippen LogP contribution in [0.15, 0.2) is 30.6 Å². The van der Waals surface area contributed by atoms with Gasteiger partial charge in [-0.1, -0.05) is 17.7 Å². The molecule has 7 heteroatoms. The van der Waals surface area contributed by atoms with Crippen molar-refractivity contribution in [3.63, 3.8) is 0 Å². The van der Waals surface area contributed by atoms with Gasteiger partial charge in [0.1, 0.15) is 11.6 Å². The molecule has 1 aliphatic rings. The Kier molecular flexibility index (Phi) is 4.81. The molecular formula is C16H18ClFN4O. The number of piperidine rings is 1. The first-order valence-electron chi connectivity index (χ1n) is 7.63. The standard InChI is InChI=1S/C16H18ClFN4O/c17-12-5-4-11(13(18)9-12)10-21-16(23)22-8-2-1-3-14(22)15-19-6-7-20-15/h4-7,9,14H,1-3,8,10H2,(H,19,20)(H,21,23)/t14-/m0/s1. The average molecular weight is 337 g/mol. The Morgan fingerprint density at radius 2 is 2.35 bits per heavy atom. The number of nitrogens with zero attached hydrogens (tertiary/aromatic N) is 2. The highest BCUT2D eigenvalue weighted by molar-refractivity contribution is 6.30. The fourth-order valence-electron chi connectivity index (χ4n) is 2.86. The maximum atomic E-state index is 13.8. The molecule has 122 valence electrons. The number of aromatic nitrogens is 2. The third-order valence-electron chi connectivity index (χ3n) is 4.04. The van der Waals surface area contributed by atoms with Gasteiger partial charge in [-0.25, -0.2) is 14.2 Å². The summed E-state index contributed by atoms with van der Waals surface area (Å²) in [6.07, 6.45) is 6.32. The van der Waals surface area contributed by atoms with E-state index in [1.165, 1.54) is 6.07 Å². The molecule has 3 rings (SSSR count). The lowest BCUT2D eigenvalue weighted by atomic mass is 10.0. The van der Waals surface area contributed by atoms with Crippen molar-refractivity contribution >= 4 is 17.6 Å². The van der Waals surface area contributed by atoms with Crippen LogP contribution in [0.3, 0.4) is 0 Å². The number of hydrogen-bond donors (Lipinski definition) is 2. The highest BCUT2D eigenvalue weighted by Gasteiger charge is 2.29. The molecule has 1 aliphatic heterocycles. The van der Waals surface area contributed by atoms with Gasteiger partial charge in [0.2, 0.25) is 0 Å². The van der Waals surface area contributed by atoms with Gasteiger partial charge in [0.05, 0.1) is 6.04 Å². The number of H-pyrrole nitrogens is 1. The number of benzene rings is 1. The van der Waals surface area contributed by atoms with Gasteiger partial charge >= 0.3 is 6.03 Å². The van der Waals surface area contributed by atoms with E-state index in [1.807, 2.05) is 0 Å². The number of halogens is 2. The summed E-state index contributed by atoms with van der Waals surface area (Å²) in [5.41, 5.74) is 0.411. The molecule has 2 heterocycles. The van der Waals surface area contributed by atoms with Crippen molar-refractivity contribution in [3.05, 3.63) is 52.8 Å². The van der Waals surface area contributed by atoms with E-state index >= 15 is 0 Å². The Labute approximate surface area is 138 Å². The van der Waals surface area contributed by atoms with Gasteiger partial charge in [0.15, 0.2) is 0 Å². The number of urea groups is 1. The minimum atomic E-state index is -0.418. The lowest BCUT2D eigenvalue weighted by Crippen LogP contribution is -2.44. The van der Waals surface area contributed by atoms with Crippen molar-refractivity contribution in [2.24, 2.45) is 0 Å². The number of carbonyl (C=O) groups excluding carboxylic acids is 1. The average Bonchev–Trinajstić information content (AvgIpc) is 3.08. The highest BCUT2D eigenvalue weighted by atomic mass is 35.5. The number of hydrogen-bond acceptors (Lipinski definition) is 2. The second-order valence-corrected chi connectivity index (χ2v) is 6.01. The maximum Gasteiger partial charge on any atom is 0.318 e. The normalized spacial score (nSPS) is 18.0. The molecule has 2 amide bonds. The first-order chi connectivity index (χ1) is 11.1. The summed E-state index contributed by atoms with van der Waals surface area (Å²) in [4.78, 5) is 21.6. The van der Waals surface area contributed by atoms with Gasteiger partial charge in [-0.05, 0) is 31.4 Å². The van der Waals surface area contributed by atoms with Crippen LogP contribution in [0.1, 0.15) is 36.7 Å². The van der Waals surface area contributed by atoms with Crippen LogP contribution in [0.25, 0.3) is 0 Å². The quantitative estimate of drug-likeness (QED) is 0.899. The van der Waals surface area contributed by atoms with Crippen molar-refractivity contribution in [2.75, 3.05) is 6.54 Å². The van der Waals surface area contributed by atoms with Crippen LogP contribution < -0.4 is 5.32 Å². The topological polar surface area (TPSA) is 61.0 Å². The van der Waals surface area contributed by atoms with E-state index in [1.54, 1.807) is 29.4 Å². The van der Waals surface area contributed by atoms with Gasteiger partial charge in [-0.2, -0.15) is 0 Å². The lowest BCUT2D eigenvalue weighted by Gasteiger charge is -2.34. The third kappa shape index (κ3) is 3.64. The summed E-state index contributed by atoms with van der Waals surface area (Å²) in [6.45, 7) is 0.795. The molecule has 1 atom stereocenters. The van der Waals surface area contributed by atoms with Crippen LogP contribution in [-0.2, 0) is 6.54 Å². The summed E-state index contributed by atoms with van der Waals surface area (Å²) >= 11 is 5.73. The first-order valence-corrected chi connectivity index (χ1v) is 8.00. The Hall–Kier alpha value is -2.08. The number of nitrogens with one attached hydrogen (secondary N) is 2. The zero-order chi connectivity index (χ0) is 16.2. The van der Waals surface area contributed by atoms with E-state index in [0.29, 0.717) is 17.1 Å². The Morgan fingerprint density at radius 3 is 3.09 bits per heavy atom. The first kappa shape index (κ1) is 15.8. The van der Waals surface area contributed by atoms with Crippen molar-refractivity contribution < 1.29 is 9.18 Å². The number of imidazole rings is 1. The Balaban J connectivity index is 1.66. The molecule has 1 fully saturated rings. The lowest BCUT2D eigenvalue weighted by molar-refractivity contribution is 0.147. The van der Waals surface area contributed by atoms with E-state index in [-0.39, 0.29) is 18.6 Å². The molecule has 23 heavy (non-hydrogen) atoms. The van der Waals surface area contributed by atoms with E-state index < -0.39 is 5.82 Å². The Morgan fingerprint density at radius 1 is 1.48 bits per heavy atom. The molecular weight excluding hydrogens is 319 g/mol. The molecule has 1 aromatic heterocycles. The number of rotatable bonds is 3. The highest BCUT2D eigenvalue weighted by Crippen LogP contribution is 2.28. The van der Waals surface area contributed by atoms with Crippen LogP contribution in [0, 0.1) is 5.82 Å². The SMILES string of the molecule is O=C(NCc1ccc(Cl)cc1F)N1CCCC[C@H]1c1ncc[nH]1. The summed E-state index contributed by atoms with van der Waals surface area (Å²) in [6, 6.07) is 4.17. The van der Waals surface area contributed by atoms with Gasteiger partial charge in [-0.15, -0.1) is 0 Å². The van der Waals surface area contributed by atoms with E-state index in [9.17, 15) is 9.18 Å². The van der Waals surface area contributed by atoms with Crippen molar-refractivity contribution in [1.82, 2.24) is 20.2 Å². The van der Waals surface area contributed by atoms with Crippen LogP contribution in [0.2, 0.25) is 5.02 Å². The fourth-order valence-corrected chi connectivity index (χ4v) is 3.01. The minimum absolute atomic E-state index is 0.0613. The smallest absolute Gasteiger partial charge is 0.318 e. The molecule has 1 aromatic carbocycles. The van der Waals surface area contributed by atoms with Crippen LogP contribution in [0.4, 0.5) is 9.18 Å². The molecule has 0 radical (unpaired) electrons. The number of amides is 2. The third-order valence-corrected chi connectivity index (χ3v) is 4.28. The van der Waals surface area contributed by atoms with Crippen molar-refractivity contribution in [1.29, 1.82) is 0 Å². The summed E-state index contributed by atoms with van der Waals surface area (Å²) in [5, 5.41) is 3.12. The predicted molar refractivity (Wildman–Crippen MR) is 85.5 cm³/mol. The van der Waals surface area contributed by atoms with Gasteiger partial charge < -0.3 is 15.2 Å². The minimum Gasteiger partial charge on any atom is -0.347 e. The Bertz CT molecular complexity index is 677. The molecule has 2 N–H and O–H groups in total. The van der Waals surface area contributed by atoms with Gasteiger partial charge in [0.25, 0.3) is 0 Å². The molecule has 0 unspecified atom stereocenters. The van der Waals surface area contributed by atoms with Crippen LogP contribution >= 0.6 is 11.6 Å². The molecule has 0 aliphatic carbocycles. The van der Waals surface area contributed by atoms with Crippen LogP contribution in [-0.4, -0.2) is 27.4 Å². The number of likely N-dealkylation sites (tertiary alicyclic amines) is 1. The molecule has 5 nitrogen and oxygen atoms in total. The zero-order valence-electron chi connectivity index (χ0n) is 12.6. The molecule has 0 saturated carbocycles. The van der Waals surface area contributed by atoms with Gasteiger partial charge in [0, 0.05) is 36.1 Å². The molecule has 1 saturated heterocycles. The van der Waals surface area contributed by atoms with Gasteiger partial charge in [-0.3, -0.25) is 0 Å². The number of carbonyl (C=O) groups is 1. The summed E-state index contributed by atoms with van der Waals surface area (Å²) < 4.78 is 13.8. The summed E-state index contributed by atoms with van der Waals surface area (Å²) in [7, 11) is 0. The van der Waals surface area contributed by atoms with Crippen molar-refractivity contribution in [2.45, 2.75) is 31.8 Å². The van der Waals surface area contributed by atoms with E-state index in [2.05, 4.69) is 15.3 Å². The predicted octanol–water partition coefficient (Wildman–Crippen LogP) is 3.64. The molecule has 0 spiro atoms. The number of aromatic amines is 1. The monoisotopic (exact) mass is 336 g/mol. The van der Waals surface area contributed by atoms with Crippen LogP contribution in [0.5, 0.6) is 0 Å². The maximum absolute atomic E-state index is 13.8. The van der Waals surface area contributed by atoms with E-state index in [0.717, 1.165) is 25.1 Å². The van der Waals surface area contributed by atoms with Crippen molar-refractivity contribution in [3.8, 4) is 0 Å². The molecule has 2 aromatic rings. The fraction of sp³-hybridized carbons (Fsp3) is 0.375. The summed E-state index contributed by atoms with van der Waals surface area (Å²) in [5.74, 6) is 0.372. The molecule has 0 bridgehead atoms.